The Morgan fingerprint density at radius 3 is 2.89 bits per heavy atom. The quantitative estimate of drug-likeness (QED) is 0.815. The summed E-state index contributed by atoms with van der Waals surface area (Å²) in [7, 11) is 1.54. The zero-order valence-corrected chi connectivity index (χ0v) is 11.7. The van der Waals surface area contributed by atoms with Crippen molar-refractivity contribution in [3.8, 4) is 5.75 Å². The third-order valence-electron chi connectivity index (χ3n) is 4.04. The molecule has 0 amide bonds. The number of anilines is 2. The minimum atomic E-state index is -0.308. The van der Waals surface area contributed by atoms with Gasteiger partial charge in [0, 0.05) is 18.2 Å². The number of ether oxygens (including phenoxy) is 1. The number of methoxy groups -OCH3 is 1. The van der Waals surface area contributed by atoms with Crippen LogP contribution in [0.15, 0.2) is 12.1 Å². The van der Waals surface area contributed by atoms with Gasteiger partial charge in [-0.2, -0.15) is 0 Å². The Hall–Kier alpha value is -1.45. The van der Waals surface area contributed by atoms with E-state index in [4.69, 9.17) is 10.5 Å². The van der Waals surface area contributed by atoms with Gasteiger partial charge in [0.05, 0.1) is 18.5 Å². The van der Waals surface area contributed by atoms with E-state index in [2.05, 4.69) is 12.2 Å². The van der Waals surface area contributed by atoms with Gasteiger partial charge in [-0.05, 0) is 18.8 Å². The molecule has 1 fully saturated rings. The van der Waals surface area contributed by atoms with Crippen LogP contribution in [0, 0.1) is 11.7 Å². The third kappa shape index (κ3) is 3.31. The number of nitrogens with two attached hydrogens (primary N) is 1. The van der Waals surface area contributed by atoms with Crippen molar-refractivity contribution in [3.05, 3.63) is 17.9 Å². The Labute approximate surface area is 114 Å². The van der Waals surface area contributed by atoms with Crippen molar-refractivity contribution in [1.29, 1.82) is 0 Å². The van der Waals surface area contributed by atoms with Crippen molar-refractivity contribution < 1.29 is 9.13 Å². The first-order chi connectivity index (χ1) is 9.13. The molecule has 0 bridgehead atoms. The Bertz CT molecular complexity index is 436. The van der Waals surface area contributed by atoms with Crippen LogP contribution in [0.2, 0.25) is 0 Å². The van der Waals surface area contributed by atoms with Gasteiger partial charge in [0.2, 0.25) is 0 Å². The molecule has 0 saturated heterocycles. The first kappa shape index (κ1) is 14.0. The largest absolute Gasteiger partial charge is 0.495 e. The molecule has 0 radical (unpaired) electrons. The molecule has 3 N–H and O–H groups in total. The van der Waals surface area contributed by atoms with Gasteiger partial charge < -0.3 is 15.8 Å². The van der Waals surface area contributed by atoms with Crippen LogP contribution in [0.1, 0.15) is 39.0 Å². The lowest BCUT2D eigenvalue weighted by Crippen LogP contribution is -2.27. The standard InChI is InChI=1S/C15H23FN2O/c1-3-10-5-4-6-11(7-10)18-14-9-15(19-2)13(17)8-12(14)16/h8-11,18H,3-7,17H2,1-2H3. The zero-order valence-electron chi connectivity index (χ0n) is 11.7. The second-order valence-electron chi connectivity index (χ2n) is 5.36. The fourth-order valence-corrected chi connectivity index (χ4v) is 2.87. The topological polar surface area (TPSA) is 47.3 Å². The van der Waals surface area contributed by atoms with Gasteiger partial charge in [-0.1, -0.05) is 26.2 Å². The van der Waals surface area contributed by atoms with E-state index < -0.39 is 0 Å². The van der Waals surface area contributed by atoms with Crippen molar-refractivity contribution in [2.24, 2.45) is 5.92 Å². The molecule has 106 valence electrons. The molecule has 0 heterocycles. The van der Waals surface area contributed by atoms with Crippen molar-refractivity contribution >= 4 is 11.4 Å². The lowest BCUT2D eigenvalue weighted by molar-refractivity contribution is 0.326. The molecular formula is C15H23FN2O. The van der Waals surface area contributed by atoms with Gasteiger partial charge in [0.15, 0.2) is 0 Å². The molecule has 1 saturated carbocycles. The van der Waals surface area contributed by atoms with Crippen molar-refractivity contribution in [2.75, 3.05) is 18.2 Å². The van der Waals surface area contributed by atoms with E-state index in [-0.39, 0.29) is 5.82 Å². The van der Waals surface area contributed by atoms with Crippen molar-refractivity contribution in [3.63, 3.8) is 0 Å². The monoisotopic (exact) mass is 266 g/mol. The predicted molar refractivity (Wildman–Crippen MR) is 77.0 cm³/mol. The van der Waals surface area contributed by atoms with E-state index in [9.17, 15) is 4.39 Å². The summed E-state index contributed by atoms with van der Waals surface area (Å²) in [4.78, 5) is 0. The Balaban J connectivity index is 2.10. The highest BCUT2D eigenvalue weighted by atomic mass is 19.1. The molecule has 0 spiro atoms. The Morgan fingerprint density at radius 1 is 1.42 bits per heavy atom. The number of hydrogen-bond acceptors (Lipinski definition) is 3. The summed E-state index contributed by atoms with van der Waals surface area (Å²) in [6.45, 7) is 2.22. The van der Waals surface area contributed by atoms with Crippen molar-refractivity contribution in [1.82, 2.24) is 0 Å². The average molecular weight is 266 g/mol. The van der Waals surface area contributed by atoms with E-state index >= 15 is 0 Å². The van der Waals surface area contributed by atoms with Crippen LogP contribution in [0.25, 0.3) is 0 Å². The number of nitrogens with one attached hydrogen (secondary N) is 1. The van der Waals surface area contributed by atoms with Crippen LogP contribution >= 0.6 is 0 Å². The van der Waals surface area contributed by atoms with Crippen LogP contribution in [0.5, 0.6) is 5.75 Å². The molecule has 2 unspecified atom stereocenters. The fourth-order valence-electron chi connectivity index (χ4n) is 2.87. The molecule has 1 aromatic carbocycles. The van der Waals surface area contributed by atoms with Crippen LogP contribution in [0.4, 0.5) is 15.8 Å². The fraction of sp³-hybridized carbons (Fsp3) is 0.600. The minimum absolute atomic E-state index is 0.308. The van der Waals surface area contributed by atoms with Crippen LogP contribution in [-0.2, 0) is 0 Å². The average Bonchev–Trinajstić information content (AvgIpc) is 2.42. The molecule has 0 aromatic heterocycles. The highest BCUT2D eigenvalue weighted by molar-refractivity contribution is 5.62. The number of nitrogen functional groups attached to an aromatic ring is 1. The summed E-state index contributed by atoms with van der Waals surface area (Å²) in [6.07, 6.45) is 5.92. The lowest BCUT2D eigenvalue weighted by Gasteiger charge is -2.30. The van der Waals surface area contributed by atoms with Gasteiger partial charge in [-0.25, -0.2) is 4.39 Å². The summed E-state index contributed by atoms with van der Waals surface area (Å²) in [5, 5.41) is 3.30. The van der Waals surface area contributed by atoms with E-state index in [0.717, 1.165) is 18.8 Å². The molecule has 1 aliphatic carbocycles. The molecule has 2 atom stereocenters. The maximum Gasteiger partial charge on any atom is 0.148 e. The van der Waals surface area contributed by atoms with Crippen LogP contribution < -0.4 is 15.8 Å². The summed E-state index contributed by atoms with van der Waals surface area (Å²) in [6, 6.07) is 3.32. The van der Waals surface area contributed by atoms with Gasteiger partial charge in [0.1, 0.15) is 11.6 Å². The van der Waals surface area contributed by atoms with Crippen LogP contribution in [-0.4, -0.2) is 13.2 Å². The molecular weight excluding hydrogens is 243 g/mol. The van der Waals surface area contributed by atoms with E-state index in [1.165, 1.54) is 25.3 Å². The third-order valence-corrected chi connectivity index (χ3v) is 4.04. The molecule has 3 nitrogen and oxygen atoms in total. The number of benzene rings is 1. The van der Waals surface area contributed by atoms with Gasteiger partial charge in [-0.15, -0.1) is 0 Å². The smallest absolute Gasteiger partial charge is 0.148 e. The van der Waals surface area contributed by atoms with Gasteiger partial charge in [-0.3, -0.25) is 0 Å². The molecule has 1 aliphatic rings. The molecule has 4 heteroatoms. The molecule has 2 rings (SSSR count). The Morgan fingerprint density at radius 2 is 2.21 bits per heavy atom. The second-order valence-corrected chi connectivity index (χ2v) is 5.36. The number of halogens is 1. The molecule has 19 heavy (non-hydrogen) atoms. The molecule has 0 aliphatic heterocycles. The Kier molecular flexibility index (Phi) is 4.51. The van der Waals surface area contributed by atoms with Gasteiger partial charge in [0.25, 0.3) is 0 Å². The first-order valence-electron chi connectivity index (χ1n) is 7.03. The predicted octanol–water partition coefficient (Wildman–Crippen LogP) is 3.80. The van der Waals surface area contributed by atoms with E-state index in [0.29, 0.717) is 23.2 Å². The SMILES string of the molecule is CCC1CCCC(Nc2cc(OC)c(N)cc2F)C1. The maximum absolute atomic E-state index is 13.9. The highest BCUT2D eigenvalue weighted by Crippen LogP contribution is 2.32. The maximum atomic E-state index is 13.9. The number of rotatable bonds is 4. The minimum Gasteiger partial charge on any atom is -0.495 e. The van der Waals surface area contributed by atoms with E-state index in [1.54, 1.807) is 13.2 Å². The lowest BCUT2D eigenvalue weighted by atomic mass is 9.84. The molecule has 1 aromatic rings. The summed E-state index contributed by atoms with van der Waals surface area (Å²) in [5.74, 6) is 0.966. The van der Waals surface area contributed by atoms with Crippen LogP contribution in [0.3, 0.4) is 0 Å². The second kappa shape index (κ2) is 6.13. The van der Waals surface area contributed by atoms with Crippen molar-refractivity contribution in [2.45, 2.75) is 45.1 Å². The summed E-state index contributed by atoms with van der Waals surface area (Å²) >= 11 is 0. The zero-order chi connectivity index (χ0) is 13.8. The van der Waals surface area contributed by atoms with E-state index in [1.807, 2.05) is 0 Å². The first-order valence-corrected chi connectivity index (χ1v) is 7.03. The number of hydrogen-bond donors (Lipinski definition) is 2. The summed E-state index contributed by atoms with van der Waals surface area (Å²) < 4.78 is 19.0. The normalized spacial score (nSPS) is 23.1. The summed E-state index contributed by atoms with van der Waals surface area (Å²) in [5.41, 5.74) is 6.51. The van der Waals surface area contributed by atoms with Gasteiger partial charge >= 0.3 is 0 Å². The highest BCUT2D eigenvalue weighted by Gasteiger charge is 2.21.